The van der Waals surface area contributed by atoms with Crippen molar-refractivity contribution in [3.05, 3.63) is 12.2 Å². The molecule has 3 aliphatic heterocycles. The second-order valence-electron chi connectivity index (χ2n) is 6.59. The Morgan fingerprint density at radius 3 is 2.82 bits per heavy atom. The van der Waals surface area contributed by atoms with E-state index in [0.29, 0.717) is 6.42 Å². The van der Waals surface area contributed by atoms with Crippen molar-refractivity contribution in [3.63, 3.8) is 0 Å². The normalized spacial score (nSPS) is 41.5. The third-order valence-corrected chi connectivity index (χ3v) is 5.22. The quantitative estimate of drug-likeness (QED) is 0.704. The molecule has 3 fully saturated rings. The summed E-state index contributed by atoms with van der Waals surface area (Å²) in [5.74, 6) is -0.295. The lowest BCUT2D eigenvalue weighted by atomic mass is 9.75. The topological polar surface area (TPSA) is 68.2 Å². The second-order valence-corrected chi connectivity index (χ2v) is 6.59. The van der Waals surface area contributed by atoms with Crippen molar-refractivity contribution >= 4 is 0 Å². The number of hydrogen-bond donors (Lipinski definition) is 2. The third kappa shape index (κ3) is 3.24. The first kappa shape index (κ1) is 16.4. The van der Waals surface area contributed by atoms with Crippen molar-refractivity contribution in [2.45, 2.75) is 63.1 Å². The van der Waals surface area contributed by atoms with E-state index in [9.17, 15) is 5.11 Å². The van der Waals surface area contributed by atoms with Crippen LogP contribution in [-0.4, -0.2) is 48.2 Å². The third-order valence-electron chi connectivity index (χ3n) is 5.22. The van der Waals surface area contributed by atoms with Crippen molar-refractivity contribution in [2.24, 2.45) is 11.8 Å². The Kier molecular flexibility index (Phi) is 5.52. The molecular weight excluding hydrogens is 284 g/mol. The molecule has 0 aromatic heterocycles. The largest absolute Gasteiger partial charge is 0.396 e. The standard InChI is InChI=1S/C17H28O5/c18-10-4-1-2-6-14-13(12-19)15-8-9-17(14,21-15)22-16-7-3-5-11-20-16/h1-2,13-16,18-19H,3-12H2/b2-1-/t13-,14+,15-,16?,17-/m0/s1. The Morgan fingerprint density at radius 2 is 2.09 bits per heavy atom. The van der Waals surface area contributed by atoms with Crippen LogP contribution in [0.15, 0.2) is 12.2 Å². The van der Waals surface area contributed by atoms with Gasteiger partial charge in [-0.15, -0.1) is 0 Å². The molecule has 5 nitrogen and oxygen atoms in total. The summed E-state index contributed by atoms with van der Waals surface area (Å²) in [6.45, 7) is 1.07. The molecule has 0 radical (unpaired) electrons. The average molecular weight is 312 g/mol. The molecule has 3 heterocycles. The lowest BCUT2D eigenvalue weighted by molar-refractivity contribution is -0.307. The Hall–Kier alpha value is -0.460. The summed E-state index contributed by atoms with van der Waals surface area (Å²) in [6.07, 6.45) is 10.5. The number of aliphatic hydroxyl groups excluding tert-OH is 2. The van der Waals surface area contributed by atoms with E-state index in [2.05, 4.69) is 6.08 Å². The molecule has 0 aromatic rings. The van der Waals surface area contributed by atoms with Crippen LogP contribution in [0.5, 0.6) is 0 Å². The van der Waals surface area contributed by atoms with Crippen LogP contribution in [-0.2, 0) is 14.2 Å². The van der Waals surface area contributed by atoms with Crippen LogP contribution in [0.2, 0.25) is 0 Å². The number of aliphatic hydroxyl groups is 2. The minimum Gasteiger partial charge on any atom is -0.396 e. The van der Waals surface area contributed by atoms with E-state index >= 15 is 0 Å². The van der Waals surface area contributed by atoms with Gasteiger partial charge in [-0.25, -0.2) is 0 Å². The highest BCUT2D eigenvalue weighted by atomic mass is 16.8. The Labute approximate surface area is 132 Å². The lowest BCUT2D eigenvalue weighted by Gasteiger charge is -2.38. The van der Waals surface area contributed by atoms with Crippen LogP contribution in [0, 0.1) is 11.8 Å². The maximum absolute atomic E-state index is 9.75. The molecule has 0 aliphatic carbocycles. The molecule has 0 amide bonds. The van der Waals surface area contributed by atoms with Crippen LogP contribution < -0.4 is 0 Å². The van der Waals surface area contributed by atoms with Crippen molar-refractivity contribution in [1.29, 1.82) is 0 Å². The van der Waals surface area contributed by atoms with E-state index in [1.807, 2.05) is 6.08 Å². The summed E-state index contributed by atoms with van der Waals surface area (Å²) in [7, 11) is 0. The molecule has 3 aliphatic rings. The van der Waals surface area contributed by atoms with Crippen LogP contribution in [0.3, 0.4) is 0 Å². The van der Waals surface area contributed by atoms with Gasteiger partial charge in [0.15, 0.2) is 12.1 Å². The first-order chi connectivity index (χ1) is 10.8. The van der Waals surface area contributed by atoms with E-state index in [-0.39, 0.29) is 37.4 Å². The molecule has 0 spiro atoms. The van der Waals surface area contributed by atoms with Gasteiger partial charge in [-0.1, -0.05) is 12.2 Å². The maximum Gasteiger partial charge on any atom is 0.175 e. The first-order valence-electron chi connectivity index (χ1n) is 8.63. The predicted octanol–water partition coefficient (Wildman–Crippen LogP) is 1.97. The minimum atomic E-state index is -0.594. The fourth-order valence-corrected chi connectivity index (χ4v) is 4.11. The summed E-state index contributed by atoms with van der Waals surface area (Å²) in [4.78, 5) is 0. The molecule has 5 atom stereocenters. The molecule has 22 heavy (non-hydrogen) atoms. The molecule has 0 aromatic carbocycles. The van der Waals surface area contributed by atoms with E-state index in [4.69, 9.17) is 19.3 Å². The summed E-state index contributed by atoms with van der Waals surface area (Å²) in [5, 5.41) is 18.6. The lowest BCUT2D eigenvalue weighted by Crippen LogP contribution is -2.45. The number of hydrogen-bond acceptors (Lipinski definition) is 5. The summed E-state index contributed by atoms with van der Waals surface area (Å²) in [5.41, 5.74) is 0. The Balaban J connectivity index is 1.68. The van der Waals surface area contributed by atoms with Gasteiger partial charge in [0.2, 0.25) is 0 Å². The fourth-order valence-electron chi connectivity index (χ4n) is 4.11. The summed E-state index contributed by atoms with van der Waals surface area (Å²) >= 11 is 0. The number of fused-ring (bicyclic) bond motifs is 2. The van der Waals surface area contributed by atoms with Gasteiger partial charge in [0.1, 0.15) is 0 Å². The molecule has 5 heteroatoms. The second kappa shape index (κ2) is 7.41. The number of allylic oxidation sites excluding steroid dienone is 1. The van der Waals surface area contributed by atoms with Gasteiger partial charge in [-0.3, -0.25) is 0 Å². The van der Waals surface area contributed by atoms with E-state index in [1.165, 1.54) is 0 Å². The SMILES string of the molecule is OCC/C=C\C[C@@H]1[C@H](CO)[C@@H]2CC[C@@]1(OC1CCCCO1)O2. The van der Waals surface area contributed by atoms with Gasteiger partial charge in [-0.05, 0) is 38.5 Å². The van der Waals surface area contributed by atoms with Gasteiger partial charge in [0.05, 0.1) is 6.10 Å². The van der Waals surface area contributed by atoms with Gasteiger partial charge in [0.25, 0.3) is 0 Å². The minimum absolute atomic E-state index is 0.102. The van der Waals surface area contributed by atoms with E-state index in [0.717, 1.165) is 45.1 Å². The van der Waals surface area contributed by atoms with Crippen LogP contribution in [0.4, 0.5) is 0 Å². The maximum atomic E-state index is 9.75. The fraction of sp³-hybridized carbons (Fsp3) is 0.882. The highest BCUT2D eigenvalue weighted by molar-refractivity contribution is 5.04. The monoisotopic (exact) mass is 312 g/mol. The number of rotatable bonds is 7. The summed E-state index contributed by atoms with van der Waals surface area (Å²) in [6, 6.07) is 0. The average Bonchev–Trinajstić information content (AvgIpc) is 3.08. The van der Waals surface area contributed by atoms with E-state index in [1.54, 1.807) is 0 Å². The molecular formula is C17H28O5. The molecule has 1 unspecified atom stereocenters. The van der Waals surface area contributed by atoms with Crippen molar-refractivity contribution in [1.82, 2.24) is 0 Å². The van der Waals surface area contributed by atoms with Crippen molar-refractivity contribution < 1.29 is 24.4 Å². The molecule has 3 rings (SSSR count). The smallest absolute Gasteiger partial charge is 0.175 e. The first-order valence-corrected chi connectivity index (χ1v) is 8.63. The predicted molar refractivity (Wildman–Crippen MR) is 81.0 cm³/mol. The van der Waals surface area contributed by atoms with Crippen LogP contribution in [0.1, 0.15) is 44.9 Å². The molecule has 2 N–H and O–H groups in total. The summed E-state index contributed by atoms with van der Waals surface area (Å²) < 4.78 is 18.2. The van der Waals surface area contributed by atoms with Crippen LogP contribution >= 0.6 is 0 Å². The molecule has 2 bridgehead atoms. The Morgan fingerprint density at radius 1 is 1.18 bits per heavy atom. The highest BCUT2D eigenvalue weighted by Gasteiger charge is 2.60. The molecule has 0 saturated carbocycles. The van der Waals surface area contributed by atoms with Gasteiger partial charge >= 0.3 is 0 Å². The van der Waals surface area contributed by atoms with Gasteiger partial charge in [0, 0.05) is 38.1 Å². The molecule has 3 saturated heterocycles. The number of ether oxygens (including phenoxy) is 3. The highest BCUT2D eigenvalue weighted by Crippen LogP contribution is 2.54. The van der Waals surface area contributed by atoms with E-state index < -0.39 is 5.79 Å². The van der Waals surface area contributed by atoms with Crippen molar-refractivity contribution in [3.8, 4) is 0 Å². The zero-order valence-electron chi connectivity index (χ0n) is 13.2. The molecule has 126 valence electrons. The van der Waals surface area contributed by atoms with Gasteiger partial charge in [-0.2, -0.15) is 0 Å². The zero-order chi connectivity index (χ0) is 15.4. The van der Waals surface area contributed by atoms with Crippen molar-refractivity contribution in [2.75, 3.05) is 19.8 Å². The van der Waals surface area contributed by atoms with Gasteiger partial charge < -0.3 is 24.4 Å². The zero-order valence-corrected chi connectivity index (χ0v) is 13.2. The van der Waals surface area contributed by atoms with Crippen LogP contribution in [0.25, 0.3) is 0 Å². The Bertz CT molecular complexity index is 379.